The highest BCUT2D eigenvalue weighted by atomic mass is 32.2. The van der Waals surface area contributed by atoms with E-state index in [4.69, 9.17) is 9.88 Å². The van der Waals surface area contributed by atoms with Gasteiger partial charge in [-0.25, -0.2) is 13.6 Å². The fourth-order valence-electron chi connectivity index (χ4n) is 1.89. The summed E-state index contributed by atoms with van der Waals surface area (Å²) in [6, 6.07) is 5.94. The molecule has 0 radical (unpaired) electrons. The van der Waals surface area contributed by atoms with Crippen molar-refractivity contribution in [1.82, 2.24) is 0 Å². The zero-order valence-corrected chi connectivity index (χ0v) is 12.8. The zero-order valence-electron chi connectivity index (χ0n) is 12.0. The van der Waals surface area contributed by atoms with E-state index in [2.05, 4.69) is 0 Å². The van der Waals surface area contributed by atoms with E-state index in [0.29, 0.717) is 6.61 Å². The lowest BCUT2D eigenvalue weighted by Gasteiger charge is -2.21. The number of ether oxygens (including phenoxy) is 1. The third kappa shape index (κ3) is 5.61. The predicted molar refractivity (Wildman–Crippen MR) is 77.7 cm³/mol. The number of primary sulfonamides is 1. The summed E-state index contributed by atoms with van der Waals surface area (Å²) >= 11 is 0. The number of sulfonamides is 1. The molecule has 0 saturated carbocycles. The third-order valence-corrected chi connectivity index (χ3v) is 4.07. The fourth-order valence-corrected chi connectivity index (χ4v) is 2.97. The molecular weight excluding hydrogens is 262 g/mol. The molecule has 1 aromatic rings. The summed E-state index contributed by atoms with van der Waals surface area (Å²) < 4.78 is 28.1. The van der Waals surface area contributed by atoms with Crippen molar-refractivity contribution in [2.75, 3.05) is 12.4 Å². The van der Waals surface area contributed by atoms with E-state index in [1.807, 2.05) is 45.9 Å². The summed E-state index contributed by atoms with van der Waals surface area (Å²) in [5.74, 6) is 0.848. The molecule has 0 spiro atoms. The fraction of sp³-hybridized carbons (Fsp3) is 0.571. The molecule has 0 bridgehead atoms. The van der Waals surface area contributed by atoms with Crippen molar-refractivity contribution < 1.29 is 13.2 Å². The Hall–Kier alpha value is -1.07. The topological polar surface area (TPSA) is 69.4 Å². The molecule has 0 aliphatic carbocycles. The summed E-state index contributed by atoms with van der Waals surface area (Å²) in [5.41, 5.74) is 2.23. The molecule has 0 heterocycles. The number of hydrogen-bond donors (Lipinski definition) is 1. The molecular formula is C14H23NO3S. The summed E-state index contributed by atoms with van der Waals surface area (Å²) in [7, 11) is -3.47. The van der Waals surface area contributed by atoms with Crippen molar-refractivity contribution in [2.24, 2.45) is 17.0 Å². The lowest BCUT2D eigenvalue weighted by molar-refractivity contribution is 0.223. The molecule has 0 aliphatic heterocycles. The Labute approximate surface area is 116 Å². The van der Waals surface area contributed by atoms with Gasteiger partial charge in [0.15, 0.2) is 0 Å². The van der Waals surface area contributed by atoms with Gasteiger partial charge in [-0.05, 0) is 31.4 Å². The summed E-state index contributed by atoms with van der Waals surface area (Å²) in [5, 5.41) is 5.11. The minimum absolute atomic E-state index is 0.0461. The van der Waals surface area contributed by atoms with Gasteiger partial charge in [-0.2, -0.15) is 0 Å². The Morgan fingerprint density at radius 1 is 1.26 bits per heavy atom. The monoisotopic (exact) mass is 285 g/mol. The molecule has 2 N–H and O–H groups in total. The van der Waals surface area contributed by atoms with E-state index in [9.17, 15) is 8.42 Å². The van der Waals surface area contributed by atoms with Gasteiger partial charge in [0.25, 0.3) is 0 Å². The number of aryl methyl sites for hydroxylation is 2. The zero-order chi connectivity index (χ0) is 14.6. The minimum atomic E-state index is -3.47. The van der Waals surface area contributed by atoms with Gasteiger partial charge in [-0.15, -0.1) is 0 Å². The van der Waals surface area contributed by atoms with Crippen molar-refractivity contribution in [3.63, 3.8) is 0 Å². The maximum atomic E-state index is 11.2. The molecule has 0 aliphatic rings. The van der Waals surface area contributed by atoms with E-state index in [-0.39, 0.29) is 17.6 Å². The SMILES string of the molecule is Cc1ccc(OCC(CS(N)(=O)=O)C(C)C)c(C)c1. The van der Waals surface area contributed by atoms with Gasteiger partial charge in [0.05, 0.1) is 12.4 Å². The summed E-state index contributed by atoms with van der Waals surface area (Å²) in [6.07, 6.45) is 0. The van der Waals surface area contributed by atoms with Crippen LogP contribution in [-0.4, -0.2) is 20.8 Å². The van der Waals surface area contributed by atoms with E-state index in [1.54, 1.807) is 0 Å². The van der Waals surface area contributed by atoms with Gasteiger partial charge in [-0.1, -0.05) is 31.5 Å². The standard InChI is InChI=1S/C14H23NO3S/c1-10(2)13(9-19(15,16)17)8-18-14-6-5-11(3)7-12(14)4/h5-7,10,13H,8-9H2,1-4H3,(H2,15,16,17). The van der Waals surface area contributed by atoms with Crippen molar-refractivity contribution in [2.45, 2.75) is 27.7 Å². The Balaban J connectivity index is 2.71. The van der Waals surface area contributed by atoms with Crippen molar-refractivity contribution in [3.8, 4) is 5.75 Å². The number of benzene rings is 1. The molecule has 1 rings (SSSR count). The molecule has 4 nitrogen and oxygen atoms in total. The van der Waals surface area contributed by atoms with Crippen LogP contribution >= 0.6 is 0 Å². The molecule has 19 heavy (non-hydrogen) atoms. The quantitative estimate of drug-likeness (QED) is 0.871. The van der Waals surface area contributed by atoms with Gasteiger partial charge in [-0.3, -0.25) is 0 Å². The molecule has 108 valence electrons. The largest absolute Gasteiger partial charge is 0.493 e. The first-order valence-electron chi connectivity index (χ1n) is 6.39. The van der Waals surface area contributed by atoms with Crippen molar-refractivity contribution in [3.05, 3.63) is 29.3 Å². The van der Waals surface area contributed by atoms with Crippen LogP contribution in [0.2, 0.25) is 0 Å². The average molecular weight is 285 g/mol. The number of hydrogen-bond acceptors (Lipinski definition) is 3. The van der Waals surface area contributed by atoms with Crippen LogP contribution in [0.5, 0.6) is 5.75 Å². The molecule has 0 fully saturated rings. The van der Waals surface area contributed by atoms with Crippen LogP contribution in [0, 0.1) is 25.7 Å². The molecule has 1 aromatic carbocycles. The maximum absolute atomic E-state index is 11.2. The molecule has 5 heteroatoms. The van der Waals surface area contributed by atoms with Crippen LogP contribution in [0.25, 0.3) is 0 Å². The second-order valence-electron chi connectivity index (χ2n) is 5.41. The molecule has 0 amide bonds. The predicted octanol–water partition coefficient (Wildman–Crippen LogP) is 2.24. The van der Waals surface area contributed by atoms with Gasteiger partial charge in [0, 0.05) is 5.92 Å². The normalized spacial score (nSPS) is 13.6. The average Bonchev–Trinajstić information content (AvgIpc) is 2.24. The van der Waals surface area contributed by atoms with Crippen molar-refractivity contribution >= 4 is 10.0 Å². The lowest BCUT2D eigenvalue weighted by Crippen LogP contribution is -2.30. The first-order chi connectivity index (χ1) is 8.69. The Bertz CT molecular complexity index is 523. The molecule has 0 aromatic heterocycles. The van der Waals surface area contributed by atoms with Crippen LogP contribution in [0.4, 0.5) is 0 Å². The molecule has 1 unspecified atom stereocenters. The first-order valence-corrected chi connectivity index (χ1v) is 8.11. The highest BCUT2D eigenvalue weighted by Gasteiger charge is 2.20. The number of rotatable bonds is 6. The van der Waals surface area contributed by atoms with Gasteiger partial charge < -0.3 is 4.74 Å². The van der Waals surface area contributed by atoms with Crippen LogP contribution in [0.3, 0.4) is 0 Å². The first kappa shape index (κ1) is 16.0. The maximum Gasteiger partial charge on any atom is 0.209 e. The van der Waals surface area contributed by atoms with Crippen LogP contribution in [-0.2, 0) is 10.0 Å². The van der Waals surface area contributed by atoms with Crippen LogP contribution in [0.15, 0.2) is 18.2 Å². The van der Waals surface area contributed by atoms with Crippen molar-refractivity contribution in [1.29, 1.82) is 0 Å². The van der Waals surface area contributed by atoms with E-state index >= 15 is 0 Å². The van der Waals surface area contributed by atoms with E-state index in [0.717, 1.165) is 11.3 Å². The Kier molecular flexibility index (Phi) is 5.38. The molecule has 1 atom stereocenters. The Morgan fingerprint density at radius 2 is 1.89 bits per heavy atom. The second-order valence-corrected chi connectivity index (χ2v) is 7.07. The number of nitrogens with two attached hydrogens (primary N) is 1. The lowest BCUT2D eigenvalue weighted by atomic mass is 9.99. The van der Waals surface area contributed by atoms with Crippen LogP contribution in [0.1, 0.15) is 25.0 Å². The highest BCUT2D eigenvalue weighted by Crippen LogP contribution is 2.21. The third-order valence-electron chi connectivity index (χ3n) is 3.17. The smallest absolute Gasteiger partial charge is 0.209 e. The van der Waals surface area contributed by atoms with Crippen LogP contribution < -0.4 is 9.88 Å². The highest BCUT2D eigenvalue weighted by molar-refractivity contribution is 7.89. The molecule has 0 saturated heterocycles. The van der Waals surface area contributed by atoms with Gasteiger partial charge in [0.1, 0.15) is 5.75 Å². The van der Waals surface area contributed by atoms with Gasteiger partial charge >= 0.3 is 0 Å². The minimum Gasteiger partial charge on any atom is -0.493 e. The van der Waals surface area contributed by atoms with Gasteiger partial charge in [0.2, 0.25) is 10.0 Å². The summed E-state index contributed by atoms with van der Waals surface area (Å²) in [4.78, 5) is 0. The van der Waals surface area contributed by atoms with E-state index < -0.39 is 10.0 Å². The second kappa shape index (κ2) is 6.39. The van der Waals surface area contributed by atoms with E-state index in [1.165, 1.54) is 5.56 Å². The Morgan fingerprint density at radius 3 is 2.37 bits per heavy atom. The summed E-state index contributed by atoms with van der Waals surface area (Å²) in [6.45, 7) is 8.31.